The van der Waals surface area contributed by atoms with E-state index in [0.717, 1.165) is 16.8 Å². The van der Waals surface area contributed by atoms with E-state index in [0.29, 0.717) is 18.9 Å². The minimum atomic E-state index is 0.0693. The average molecular weight is 310 g/mol. The fourth-order valence-electron chi connectivity index (χ4n) is 2.47. The van der Waals surface area contributed by atoms with Crippen LogP contribution >= 0.6 is 0 Å². The van der Waals surface area contributed by atoms with Gasteiger partial charge in [-0.1, -0.05) is 56.3 Å². The van der Waals surface area contributed by atoms with Crippen LogP contribution in [0.1, 0.15) is 25.0 Å². The van der Waals surface area contributed by atoms with E-state index in [2.05, 4.69) is 24.5 Å². The Morgan fingerprint density at radius 2 is 1.65 bits per heavy atom. The molecule has 1 atom stereocenters. The molecule has 1 unspecified atom stereocenters. The molecule has 0 radical (unpaired) electrons. The van der Waals surface area contributed by atoms with Crippen molar-refractivity contribution in [2.45, 2.75) is 33.2 Å². The predicted molar refractivity (Wildman–Crippen MR) is 96.6 cm³/mol. The summed E-state index contributed by atoms with van der Waals surface area (Å²) in [5.74, 6) is 0.494. The van der Waals surface area contributed by atoms with Gasteiger partial charge in [-0.25, -0.2) is 0 Å². The van der Waals surface area contributed by atoms with Gasteiger partial charge < -0.3 is 10.6 Å². The molecule has 2 aromatic rings. The predicted octanol–water partition coefficient (Wildman–Crippen LogP) is 3.79. The minimum Gasteiger partial charge on any atom is -0.380 e. The van der Waals surface area contributed by atoms with Crippen molar-refractivity contribution in [2.75, 3.05) is 11.9 Å². The number of nitrogens with one attached hydrogen (secondary N) is 2. The molecule has 1 amide bonds. The van der Waals surface area contributed by atoms with Crippen LogP contribution in [-0.4, -0.2) is 18.5 Å². The number of hydrogen-bond donors (Lipinski definition) is 2. The molecule has 23 heavy (non-hydrogen) atoms. The van der Waals surface area contributed by atoms with E-state index in [-0.39, 0.29) is 11.9 Å². The number of amides is 1. The van der Waals surface area contributed by atoms with Gasteiger partial charge in [-0.15, -0.1) is 0 Å². The zero-order valence-corrected chi connectivity index (χ0v) is 14.2. The molecule has 0 spiro atoms. The molecule has 0 saturated carbocycles. The number of aryl methyl sites for hydroxylation is 1. The summed E-state index contributed by atoms with van der Waals surface area (Å²) >= 11 is 0. The summed E-state index contributed by atoms with van der Waals surface area (Å²) in [6.45, 7) is 6.98. The van der Waals surface area contributed by atoms with Gasteiger partial charge >= 0.3 is 0 Å². The molecule has 0 saturated heterocycles. The fourth-order valence-corrected chi connectivity index (χ4v) is 2.47. The van der Waals surface area contributed by atoms with Gasteiger partial charge in [0.15, 0.2) is 0 Å². The highest BCUT2D eigenvalue weighted by molar-refractivity contribution is 5.79. The van der Waals surface area contributed by atoms with E-state index in [1.54, 1.807) is 0 Å². The van der Waals surface area contributed by atoms with Gasteiger partial charge in [0.1, 0.15) is 0 Å². The van der Waals surface area contributed by atoms with Crippen LogP contribution in [0.4, 0.5) is 5.69 Å². The van der Waals surface area contributed by atoms with Crippen LogP contribution in [0.5, 0.6) is 0 Å². The van der Waals surface area contributed by atoms with Crippen molar-refractivity contribution in [3.05, 3.63) is 65.7 Å². The molecule has 122 valence electrons. The lowest BCUT2D eigenvalue weighted by molar-refractivity contribution is -0.120. The molecule has 0 aliphatic heterocycles. The van der Waals surface area contributed by atoms with Gasteiger partial charge in [0, 0.05) is 18.3 Å². The molecule has 0 aliphatic rings. The molecular formula is C20H26N2O. The molecule has 3 nitrogen and oxygen atoms in total. The first-order valence-corrected chi connectivity index (χ1v) is 8.19. The van der Waals surface area contributed by atoms with E-state index < -0.39 is 0 Å². The van der Waals surface area contributed by atoms with Crippen LogP contribution < -0.4 is 10.6 Å². The number of para-hydroxylation sites is 1. The first kappa shape index (κ1) is 17.1. The van der Waals surface area contributed by atoms with Crippen LogP contribution in [0.2, 0.25) is 0 Å². The Balaban J connectivity index is 1.88. The van der Waals surface area contributed by atoms with Gasteiger partial charge in [0.2, 0.25) is 5.91 Å². The van der Waals surface area contributed by atoms with Crippen molar-refractivity contribution >= 4 is 11.6 Å². The van der Waals surface area contributed by atoms with Crippen LogP contribution in [0.15, 0.2) is 54.6 Å². The molecule has 0 aromatic heterocycles. The summed E-state index contributed by atoms with van der Waals surface area (Å²) in [6, 6.07) is 18.3. The minimum absolute atomic E-state index is 0.0693. The monoisotopic (exact) mass is 310 g/mol. The summed E-state index contributed by atoms with van der Waals surface area (Å²) < 4.78 is 0. The zero-order chi connectivity index (χ0) is 16.7. The van der Waals surface area contributed by atoms with Crippen LogP contribution in [0.25, 0.3) is 0 Å². The Kier molecular flexibility index (Phi) is 6.21. The second-order valence-electron chi connectivity index (χ2n) is 6.27. The van der Waals surface area contributed by atoms with Gasteiger partial charge in [-0.2, -0.15) is 0 Å². The molecule has 0 heterocycles. The van der Waals surface area contributed by atoms with Crippen molar-refractivity contribution in [1.82, 2.24) is 5.32 Å². The quantitative estimate of drug-likeness (QED) is 0.817. The molecule has 0 aliphatic carbocycles. The third-order valence-electron chi connectivity index (χ3n) is 4.06. The third kappa shape index (κ3) is 5.44. The molecule has 2 N–H and O–H groups in total. The number of hydrogen-bond acceptors (Lipinski definition) is 2. The maximum atomic E-state index is 12.2. The Morgan fingerprint density at radius 1 is 1.00 bits per heavy atom. The zero-order valence-electron chi connectivity index (χ0n) is 14.2. The van der Waals surface area contributed by atoms with Crippen molar-refractivity contribution in [3.63, 3.8) is 0 Å². The van der Waals surface area contributed by atoms with Gasteiger partial charge in [-0.3, -0.25) is 4.79 Å². The third-order valence-corrected chi connectivity index (χ3v) is 4.06. The summed E-state index contributed by atoms with van der Waals surface area (Å²) in [5.41, 5.74) is 3.33. The number of carbonyl (C=O) groups excluding carboxylic acids is 1. The van der Waals surface area contributed by atoms with Crippen molar-refractivity contribution in [3.8, 4) is 0 Å². The van der Waals surface area contributed by atoms with E-state index >= 15 is 0 Å². The summed E-state index contributed by atoms with van der Waals surface area (Å²) in [4.78, 5) is 12.2. The maximum Gasteiger partial charge on any atom is 0.224 e. The van der Waals surface area contributed by atoms with Gasteiger partial charge in [0.25, 0.3) is 0 Å². The standard InChI is InChI=1S/C20H26N2O/c1-15(2)19(22-18-11-5-4-6-12-18)14-21-20(23)13-17-10-8-7-9-16(17)3/h4-12,15,19,22H,13-14H2,1-3H3,(H,21,23). The topological polar surface area (TPSA) is 41.1 Å². The van der Waals surface area contributed by atoms with Crippen LogP contribution in [0, 0.1) is 12.8 Å². The molecule has 0 bridgehead atoms. The summed E-state index contributed by atoms with van der Waals surface area (Å²) in [6.07, 6.45) is 0.433. The second kappa shape index (κ2) is 8.37. The first-order chi connectivity index (χ1) is 11.1. The molecule has 3 heteroatoms. The van der Waals surface area contributed by atoms with Crippen LogP contribution in [0.3, 0.4) is 0 Å². The maximum absolute atomic E-state index is 12.2. The van der Waals surface area contributed by atoms with E-state index in [1.165, 1.54) is 0 Å². The second-order valence-corrected chi connectivity index (χ2v) is 6.27. The van der Waals surface area contributed by atoms with E-state index in [1.807, 2.05) is 61.5 Å². The van der Waals surface area contributed by atoms with E-state index in [4.69, 9.17) is 0 Å². The van der Waals surface area contributed by atoms with Crippen molar-refractivity contribution < 1.29 is 4.79 Å². The summed E-state index contributed by atoms with van der Waals surface area (Å²) in [7, 11) is 0. The van der Waals surface area contributed by atoms with Crippen molar-refractivity contribution in [2.24, 2.45) is 5.92 Å². The fraction of sp³-hybridized carbons (Fsp3) is 0.350. The highest BCUT2D eigenvalue weighted by atomic mass is 16.1. The molecular weight excluding hydrogens is 284 g/mol. The lowest BCUT2D eigenvalue weighted by atomic mass is 10.0. The molecule has 0 fully saturated rings. The normalized spacial score (nSPS) is 12.0. The van der Waals surface area contributed by atoms with Crippen LogP contribution in [-0.2, 0) is 11.2 Å². The largest absolute Gasteiger partial charge is 0.380 e. The molecule has 2 aromatic carbocycles. The average Bonchev–Trinajstić information content (AvgIpc) is 2.54. The first-order valence-electron chi connectivity index (χ1n) is 8.19. The van der Waals surface area contributed by atoms with Gasteiger partial charge in [-0.05, 0) is 36.1 Å². The van der Waals surface area contributed by atoms with Gasteiger partial charge in [0.05, 0.1) is 6.42 Å². The Hall–Kier alpha value is -2.29. The van der Waals surface area contributed by atoms with Crippen molar-refractivity contribution in [1.29, 1.82) is 0 Å². The Morgan fingerprint density at radius 3 is 2.30 bits per heavy atom. The number of anilines is 1. The Labute approximate surface area is 139 Å². The highest BCUT2D eigenvalue weighted by Crippen LogP contribution is 2.12. The smallest absolute Gasteiger partial charge is 0.224 e. The summed E-state index contributed by atoms with van der Waals surface area (Å²) in [5, 5.41) is 6.55. The van der Waals surface area contributed by atoms with E-state index in [9.17, 15) is 4.79 Å². The lowest BCUT2D eigenvalue weighted by Gasteiger charge is -2.24. The SMILES string of the molecule is Cc1ccccc1CC(=O)NCC(Nc1ccccc1)C(C)C. The molecule has 2 rings (SSSR count). The number of rotatable bonds is 7. The highest BCUT2D eigenvalue weighted by Gasteiger charge is 2.14. The Bertz CT molecular complexity index is 623. The number of carbonyl (C=O) groups is 1. The number of benzene rings is 2. The lowest BCUT2D eigenvalue weighted by Crippen LogP contribution is -2.40.